The highest BCUT2D eigenvalue weighted by molar-refractivity contribution is 6.31. The zero-order chi connectivity index (χ0) is 20.4. The molecular weight excluding hydrogens is 384 g/mol. The largest absolute Gasteiger partial charge is 0.387 e. The van der Waals surface area contributed by atoms with Crippen molar-refractivity contribution >= 4 is 28.2 Å². The minimum Gasteiger partial charge on any atom is -0.387 e. The van der Waals surface area contributed by atoms with Crippen LogP contribution in [-0.4, -0.2) is 47.3 Å². The lowest BCUT2D eigenvalue weighted by atomic mass is 10.0. The summed E-state index contributed by atoms with van der Waals surface area (Å²) in [6.07, 6.45) is 2.28. The summed E-state index contributed by atoms with van der Waals surface area (Å²) in [5.74, 6) is 0. The molecule has 1 fully saturated rings. The molecule has 0 amide bonds. The number of likely N-dealkylation sites (tertiary alicyclic amines) is 1. The maximum atomic E-state index is 11.3. The highest BCUT2D eigenvalue weighted by Crippen LogP contribution is 2.33. The average molecular weight is 407 g/mol. The number of aromatic nitrogens is 1. The molecule has 1 aliphatic rings. The van der Waals surface area contributed by atoms with Gasteiger partial charge in [0.1, 0.15) is 6.07 Å². The summed E-state index contributed by atoms with van der Waals surface area (Å²) in [5.41, 5.74) is 2.41. The number of halogens is 1. The highest BCUT2D eigenvalue weighted by Gasteiger charge is 2.37. The molecular formula is C23H23ClN4O. The van der Waals surface area contributed by atoms with Gasteiger partial charge in [0, 0.05) is 49.8 Å². The highest BCUT2D eigenvalue weighted by atomic mass is 35.5. The third-order valence-electron chi connectivity index (χ3n) is 5.50. The van der Waals surface area contributed by atoms with E-state index >= 15 is 0 Å². The van der Waals surface area contributed by atoms with E-state index in [0.29, 0.717) is 30.1 Å². The summed E-state index contributed by atoms with van der Waals surface area (Å²) in [7, 11) is 1.91. The summed E-state index contributed by atoms with van der Waals surface area (Å²) in [6.45, 7) is 2.69. The van der Waals surface area contributed by atoms with Crippen molar-refractivity contribution in [3.63, 3.8) is 0 Å². The molecule has 0 saturated carbocycles. The van der Waals surface area contributed by atoms with Crippen LogP contribution in [0.4, 0.5) is 5.69 Å². The number of fused-ring (bicyclic) bond motifs is 1. The molecule has 0 aliphatic carbocycles. The minimum absolute atomic E-state index is 0.429. The van der Waals surface area contributed by atoms with Crippen LogP contribution < -0.4 is 4.90 Å². The molecule has 1 aliphatic heterocycles. The number of hydrogen-bond acceptors (Lipinski definition) is 5. The summed E-state index contributed by atoms with van der Waals surface area (Å²) in [6, 6.07) is 18.0. The lowest BCUT2D eigenvalue weighted by molar-refractivity contribution is 0.0563. The molecule has 1 unspecified atom stereocenters. The summed E-state index contributed by atoms with van der Waals surface area (Å²) >= 11 is 6.20. The first-order valence-electron chi connectivity index (χ1n) is 9.66. The van der Waals surface area contributed by atoms with E-state index in [-0.39, 0.29) is 0 Å². The maximum Gasteiger partial charge on any atom is 0.103 e. The van der Waals surface area contributed by atoms with Crippen LogP contribution in [0.25, 0.3) is 10.9 Å². The molecule has 5 nitrogen and oxygen atoms in total. The predicted molar refractivity (Wildman–Crippen MR) is 116 cm³/mol. The van der Waals surface area contributed by atoms with Gasteiger partial charge in [-0.05, 0) is 30.2 Å². The Kier molecular flexibility index (Phi) is 5.42. The number of rotatable bonds is 5. The first kappa shape index (κ1) is 19.7. The van der Waals surface area contributed by atoms with Crippen molar-refractivity contribution in [2.75, 3.05) is 31.6 Å². The monoisotopic (exact) mass is 406 g/mol. The summed E-state index contributed by atoms with van der Waals surface area (Å²) in [5, 5.41) is 22.3. The van der Waals surface area contributed by atoms with Crippen LogP contribution in [0.5, 0.6) is 0 Å². The van der Waals surface area contributed by atoms with Crippen molar-refractivity contribution in [1.82, 2.24) is 9.88 Å². The second-order valence-electron chi connectivity index (χ2n) is 7.82. The Morgan fingerprint density at radius 1 is 1.28 bits per heavy atom. The Morgan fingerprint density at radius 3 is 2.83 bits per heavy atom. The molecule has 148 valence electrons. The van der Waals surface area contributed by atoms with Crippen LogP contribution in [0.15, 0.2) is 54.7 Å². The number of nitriles is 1. The second kappa shape index (κ2) is 8.00. The van der Waals surface area contributed by atoms with Gasteiger partial charge in [-0.1, -0.05) is 41.9 Å². The van der Waals surface area contributed by atoms with Gasteiger partial charge in [0.2, 0.25) is 0 Å². The zero-order valence-electron chi connectivity index (χ0n) is 16.3. The molecule has 1 saturated heterocycles. The van der Waals surface area contributed by atoms with Gasteiger partial charge in [-0.2, -0.15) is 5.26 Å². The zero-order valence-corrected chi connectivity index (χ0v) is 17.1. The summed E-state index contributed by atoms with van der Waals surface area (Å²) in [4.78, 5) is 8.60. The quantitative estimate of drug-likeness (QED) is 0.697. The Labute approximate surface area is 175 Å². The molecule has 0 spiro atoms. The fourth-order valence-electron chi connectivity index (χ4n) is 4.21. The lowest BCUT2D eigenvalue weighted by Crippen LogP contribution is -2.44. The summed E-state index contributed by atoms with van der Waals surface area (Å²) < 4.78 is 0. The van der Waals surface area contributed by atoms with Gasteiger partial charge in [0.25, 0.3) is 0 Å². The second-order valence-corrected chi connectivity index (χ2v) is 8.26. The molecule has 6 heteroatoms. The van der Waals surface area contributed by atoms with Crippen LogP contribution >= 0.6 is 11.6 Å². The first-order chi connectivity index (χ1) is 14.0. The van der Waals surface area contributed by atoms with Crippen molar-refractivity contribution in [1.29, 1.82) is 5.26 Å². The van der Waals surface area contributed by atoms with Crippen LogP contribution in [0.1, 0.15) is 17.5 Å². The van der Waals surface area contributed by atoms with Gasteiger partial charge in [-0.3, -0.25) is 9.88 Å². The van der Waals surface area contributed by atoms with Gasteiger partial charge in [-0.15, -0.1) is 0 Å². The number of pyridine rings is 1. The van der Waals surface area contributed by atoms with Crippen molar-refractivity contribution < 1.29 is 5.11 Å². The number of nitrogens with zero attached hydrogens (tertiary/aromatic N) is 4. The number of aliphatic hydroxyl groups is 1. The predicted octanol–water partition coefficient (Wildman–Crippen LogP) is 3.83. The van der Waals surface area contributed by atoms with Crippen molar-refractivity contribution in [2.45, 2.75) is 18.6 Å². The molecule has 0 radical (unpaired) electrons. The molecule has 4 rings (SSSR count). The van der Waals surface area contributed by atoms with E-state index in [4.69, 9.17) is 11.6 Å². The van der Waals surface area contributed by atoms with Crippen LogP contribution in [0.3, 0.4) is 0 Å². The Bertz CT molecular complexity index is 1070. The van der Waals surface area contributed by atoms with Gasteiger partial charge in [0.05, 0.1) is 22.4 Å². The standard InChI is InChI=1S/C23H23ClN4O/c1-27(22-18(12-25)13-26-21-8-7-19(24)11-20(21)22)15-23(29)9-10-28(16-23)14-17-5-3-2-4-6-17/h2-8,11,13,29H,9-10,14-16H2,1H3. The fourth-order valence-corrected chi connectivity index (χ4v) is 4.38. The number of hydrogen-bond donors (Lipinski definition) is 1. The molecule has 29 heavy (non-hydrogen) atoms. The van der Waals surface area contributed by atoms with E-state index in [1.54, 1.807) is 12.3 Å². The topological polar surface area (TPSA) is 63.4 Å². The number of β-amino-alcohol motifs (C(OH)–C–C–N with tert-alkyl or cyclic N) is 1. The average Bonchev–Trinajstić information content (AvgIpc) is 3.07. The SMILES string of the molecule is CN(CC1(O)CCN(Cc2ccccc2)C1)c1c(C#N)cnc2ccc(Cl)cc12. The third kappa shape index (κ3) is 4.20. The van der Waals surface area contributed by atoms with E-state index in [0.717, 1.165) is 29.7 Å². The van der Waals surface area contributed by atoms with Gasteiger partial charge >= 0.3 is 0 Å². The van der Waals surface area contributed by atoms with Gasteiger partial charge in [-0.25, -0.2) is 0 Å². The Balaban J connectivity index is 1.56. The lowest BCUT2D eigenvalue weighted by Gasteiger charge is -2.31. The third-order valence-corrected chi connectivity index (χ3v) is 5.73. The molecule has 1 N–H and O–H groups in total. The van der Waals surface area contributed by atoms with Crippen molar-refractivity contribution in [3.8, 4) is 6.07 Å². The number of anilines is 1. The Morgan fingerprint density at radius 2 is 2.07 bits per heavy atom. The van der Waals surface area contributed by atoms with E-state index in [1.165, 1.54) is 5.56 Å². The number of likely N-dealkylation sites (N-methyl/N-ethyl adjacent to an activating group) is 1. The molecule has 3 aromatic rings. The van der Waals surface area contributed by atoms with Crippen LogP contribution in [0.2, 0.25) is 5.02 Å². The molecule has 2 heterocycles. The smallest absolute Gasteiger partial charge is 0.103 e. The van der Waals surface area contributed by atoms with E-state index in [1.807, 2.05) is 42.3 Å². The molecule has 1 atom stereocenters. The normalized spacial score (nSPS) is 19.4. The van der Waals surface area contributed by atoms with E-state index in [9.17, 15) is 10.4 Å². The molecule has 2 aromatic carbocycles. The number of benzene rings is 2. The Hall–Kier alpha value is -2.65. The van der Waals surface area contributed by atoms with Gasteiger partial charge < -0.3 is 10.0 Å². The van der Waals surface area contributed by atoms with E-state index < -0.39 is 5.60 Å². The maximum absolute atomic E-state index is 11.3. The van der Waals surface area contributed by atoms with Gasteiger partial charge in [0.15, 0.2) is 0 Å². The first-order valence-corrected chi connectivity index (χ1v) is 10.0. The van der Waals surface area contributed by atoms with E-state index in [2.05, 4.69) is 28.1 Å². The minimum atomic E-state index is -0.843. The fraction of sp³-hybridized carbons (Fsp3) is 0.304. The van der Waals surface area contributed by atoms with Crippen molar-refractivity contribution in [3.05, 3.63) is 70.9 Å². The van der Waals surface area contributed by atoms with Crippen LogP contribution in [0, 0.1) is 11.3 Å². The van der Waals surface area contributed by atoms with Crippen molar-refractivity contribution in [2.24, 2.45) is 0 Å². The molecule has 1 aromatic heterocycles. The molecule has 0 bridgehead atoms. The van der Waals surface area contributed by atoms with Crippen LogP contribution in [-0.2, 0) is 6.54 Å².